The molecule has 6 heteroatoms. The van der Waals surface area contributed by atoms with Gasteiger partial charge in [-0.15, -0.1) is 0 Å². The zero-order chi connectivity index (χ0) is 14.5. The summed E-state index contributed by atoms with van der Waals surface area (Å²) >= 11 is 0. The average molecular weight is 271 g/mol. The Morgan fingerprint density at radius 1 is 1.15 bits per heavy atom. The van der Waals surface area contributed by atoms with Gasteiger partial charge in [0, 0.05) is 11.9 Å². The minimum Gasteiger partial charge on any atom is -0.478 e. The van der Waals surface area contributed by atoms with E-state index in [0.717, 1.165) is 0 Å². The highest BCUT2D eigenvalue weighted by Crippen LogP contribution is 2.13. The molecule has 0 saturated heterocycles. The predicted molar refractivity (Wildman–Crippen MR) is 75.0 cm³/mol. The van der Waals surface area contributed by atoms with E-state index in [1.54, 1.807) is 37.4 Å². The van der Waals surface area contributed by atoms with Crippen LogP contribution >= 0.6 is 0 Å². The Bertz CT molecular complexity index is 656. The van der Waals surface area contributed by atoms with Gasteiger partial charge in [-0.05, 0) is 37.3 Å². The number of carboxylic acid groups (broad SMARTS) is 1. The number of rotatable bonds is 3. The molecule has 0 aliphatic rings. The first-order chi connectivity index (χ1) is 9.56. The zero-order valence-electron chi connectivity index (χ0n) is 10.8. The molecule has 1 aromatic heterocycles. The predicted octanol–water partition coefficient (Wildman–Crippen LogP) is 2.73. The van der Waals surface area contributed by atoms with E-state index in [2.05, 4.69) is 15.6 Å². The van der Waals surface area contributed by atoms with E-state index in [1.165, 1.54) is 12.1 Å². The minimum absolute atomic E-state index is 0.111. The number of aromatic nitrogens is 1. The average Bonchev–Trinajstić information content (AvgIpc) is 2.41. The lowest BCUT2D eigenvalue weighted by atomic mass is 10.2. The Morgan fingerprint density at radius 2 is 1.95 bits per heavy atom. The minimum atomic E-state index is -1.04. The first-order valence-corrected chi connectivity index (χ1v) is 5.89. The second-order valence-electron chi connectivity index (χ2n) is 4.10. The third-order valence-corrected chi connectivity index (χ3v) is 2.62. The highest BCUT2D eigenvalue weighted by Gasteiger charge is 2.07. The van der Waals surface area contributed by atoms with Gasteiger partial charge in [0.05, 0.1) is 16.9 Å². The summed E-state index contributed by atoms with van der Waals surface area (Å²) < 4.78 is 0. The molecule has 1 heterocycles. The summed E-state index contributed by atoms with van der Waals surface area (Å²) in [6, 6.07) is 9.01. The molecule has 6 nitrogen and oxygen atoms in total. The second-order valence-corrected chi connectivity index (χ2v) is 4.10. The van der Waals surface area contributed by atoms with Crippen molar-refractivity contribution in [1.29, 1.82) is 0 Å². The van der Waals surface area contributed by atoms with Crippen LogP contribution in [-0.2, 0) is 0 Å². The van der Waals surface area contributed by atoms with Crippen LogP contribution in [-0.4, -0.2) is 22.1 Å². The number of carboxylic acids is 1. The normalized spacial score (nSPS) is 9.85. The smallest absolute Gasteiger partial charge is 0.335 e. The number of aromatic carboxylic acids is 1. The number of urea groups is 1. The van der Waals surface area contributed by atoms with Gasteiger partial charge in [0.1, 0.15) is 0 Å². The van der Waals surface area contributed by atoms with Crippen molar-refractivity contribution < 1.29 is 14.7 Å². The van der Waals surface area contributed by atoms with Crippen molar-refractivity contribution in [2.45, 2.75) is 6.92 Å². The maximum Gasteiger partial charge on any atom is 0.335 e. The zero-order valence-corrected chi connectivity index (χ0v) is 10.8. The van der Waals surface area contributed by atoms with Crippen molar-refractivity contribution in [1.82, 2.24) is 4.98 Å². The first-order valence-electron chi connectivity index (χ1n) is 5.89. The van der Waals surface area contributed by atoms with Crippen molar-refractivity contribution >= 4 is 23.4 Å². The lowest BCUT2D eigenvalue weighted by molar-refractivity contribution is 0.0697. The van der Waals surface area contributed by atoms with Gasteiger partial charge >= 0.3 is 12.0 Å². The molecule has 0 aliphatic heterocycles. The number of carbonyl (C=O) groups is 2. The molecule has 3 N–H and O–H groups in total. The van der Waals surface area contributed by atoms with Crippen molar-refractivity contribution in [2.24, 2.45) is 0 Å². The summed E-state index contributed by atoms with van der Waals surface area (Å²) in [5, 5.41) is 14.1. The summed E-state index contributed by atoms with van der Waals surface area (Å²) in [6.45, 7) is 1.78. The standard InChI is InChI=1S/C14H13N3O3/c1-9-12(6-3-7-15-9)17-14(20)16-11-5-2-4-10(8-11)13(18)19/h2-8H,1H3,(H,18,19)(H2,16,17,20). The molecular weight excluding hydrogens is 258 g/mol. The molecule has 0 atom stereocenters. The SMILES string of the molecule is Cc1ncccc1NC(=O)Nc1cccc(C(=O)O)c1. The van der Waals surface area contributed by atoms with Crippen molar-refractivity contribution in [3.63, 3.8) is 0 Å². The molecule has 0 unspecified atom stereocenters. The quantitative estimate of drug-likeness (QED) is 0.800. The van der Waals surface area contributed by atoms with Crippen LogP contribution in [0.1, 0.15) is 16.1 Å². The van der Waals surface area contributed by atoms with E-state index >= 15 is 0 Å². The largest absolute Gasteiger partial charge is 0.478 e. The highest BCUT2D eigenvalue weighted by atomic mass is 16.4. The Hall–Kier alpha value is -2.89. The van der Waals surface area contributed by atoms with Crippen molar-refractivity contribution in [3.8, 4) is 0 Å². The van der Waals surface area contributed by atoms with Crippen LogP contribution in [0.5, 0.6) is 0 Å². The molecule has 1 aromatic carbocycles. The van der Waals surface area contributed by atoms with Gasteiger partial charge in [-0.25, -0.2) is 9.59 Å². The van der Waals surface area contributed by atoms with Crippen LogP contribution in [0.2, 0.25) is 0 Å². The van der Waals surface area contributed by atoms with E-state index in [0.29, 0.717) is 17.1 Å². The van der Waals surface area contributed by atoms with E-state index in [4.69, 9.17) is 5.11 Å². The number of benzene rings is 1. The lowest BCUT2D eigenvalue weighted by Crippen LogP contribution is -2.20. The van der Waals surface area contributed by atoms with Gasteiger partial charge in [-0.1, -0.05) is 6.07 Å². The Labute approximate surface area is 115 Å². The number of nitrogens with zero attached hydrogens (tertiary/aromatic N) is 1. The fourth-order valence-electron chi connectivity index (χ4n) is 1.63. The number of nitrogens with one attached hydrogen (secondary N) is 2. The summed E-state index contributed by atoms with van der Waals surface area (Å²) in [4.78, 5) is 26.7. The second kappa shape index (κ2) is 5.83. The number of anilines is 2. The number of hydrogen-bond donors (Lipinski definition) is 3. The maximum absolute atomic E-state index is 11.8. The molecule has 2 amide bonds. The van der Waals surface area contributed by atoms with Crippen LogP contribution in [0.3, 0.4) is 0 Å². The lowest BCUT2D eigenvalue weighted by Gasteiger charge is -2.09. The molecule has 0 fully saturated rings. The van der Waals surface area contributed by atoms with Crippen LogP contribution in [0.15, 0.2) is 42.6 Å². The number of aryl methyl sites for hydroxylation is 1. The molecule has 0 bridgehead atoms. The van der Waals surface area contributed by atoms with E-state index in [1.807, 2.05) is 0 Å². The van der Waals surface area contributed by atoms with Crippen LogP contribution in [0, 0.1) is 6.92 Å². The fraction of sp³-hybridized carbons (Fsp3) is 0.0714. The van der Waals surface area contributed by atoms with Gasteiger partial charge in [0.25, 0.3) is 0 Å². The molecule has 0 radical (unpaired) electrons. The van der Waals surface area contributed by atoms with Crippen molar-refractivity contribution in [3.05, 3.63) is 53.9 Å². The van der Waals surface area contributed by atoms with Gasteiger partial charge in [-0.2, -0.15) is 0 Å². The van der Waals surface area contributed by atoms with Crippen LogP contribution in [0.4, 0.5) is 16.2 Å². The third-order valence-electron chi connectivity index (χ3n) is 2.62. The molecule has 102 valence electrons. The van der Waals surface area contributed by atoms with Gasteiger partial charge in [0.2, 0.25) is 0 Å². The number of hydrogen-bond acceptors (Lipinski definition) is 3. The highest BCUT2D eigenvalue weighted by molar-refractivity contribution is 6.00. The molecule has 20 heavy (non-hydrogen) atoms. The summed E-state index contributed by atoms with van der Waals surface area (Å²) in [6.07, 6.45) is 1.63. The topological polar surface area (TPSA) is 91.3 Å². The number of carbonyl (C=O) groups excluding carboxylic acids is 1. The summed E-state index contributed by atoms with van der Waals surface area (Å²) in [5.41, 5.74) is 1.81. The van der Waals surface area contributed by atoms with Gasteiger partial charge < -0.3 is 15.7 Å². The summed E-state index contributed by atoms with van der Waals surface area (Å²) in [7, 11) is 0. The first kappa shape index (κ1) is 13.5. The number of pyridine rings is 1. The fourth-order valence-corrected chi connectivity index (χ4v) is 1.63. The monoisotopic (exact) mass is 271 g/mol. The maximum atomic E-state index is 11.8. The van der Waals surface area contributed by atoms with Crippen LogP contribution in [0.25, 0.3) is 0 Å². The molecule has 2 aromatic rings. The van der Waals surface area contributed by atoms with Gasteiger partial charge in [0.15, 0.2) is 0 Å². The van der Waals surface area contributed by atoms with Gasteiger partial charge in [-0.3, -0.25) is 4.98 Å². The van der Waals surface area contributed by atoms with Crippen LogP contribution < -0.4 is 10.6 Å². The van der Waals surface area contributed by atoms with E-state index < -0.39 is 12.0 Å². The molecular formula is C14H13N3O3. The molecule has 0 saturated carbocycles. The summed E-state index contributed by atoms with van der Waals surface area (Å²) in [5.74, 6) is -1.04. The molecule has 0 aliphatic carbocycles. The van der Waals surface area contributed by atoms with E-state index in [-0.39, 0.29) is 5.56 Å². The van der Waals surface area contributed by atoms with E-state index in [9.17, 15) is 9.59 Å². The number of amides is 2. The Morgan fingerprint density at radius 3 is 2.65 bits per heavy atom. The third kappa shape index (κ3) is 3.32. The Kier molecular flexibility index (Phi) is 3.95. The van der Waals surface area contributed by atoms with Crippen molar-refractivity contribution in [2.75, 3.05) is 10.6 Å². The molecule has 2 rings (SSSR count). The molecule has 0 spiro atoms. The Balaban J connectivity index is 2.07.